The lowest BCUT2D eigenvalue weighted by Crippen LogP contribution is -1.80. The monoisotopic (exact) mass is 242 g/mol. The van der Waals surface area contributed by atoms with Crippen molar-refractivity contribution in [3.05, 3.63) is 59.1 Å². The molecule has 0 radical (unpaired) electrons. The summed E-state index contributed by atoms with van der Waals surface area (Å²) in [5.74, 6) is 5.48. The minimum absolute atomic E-state index is 0.115. The van der Waals surface area contributed by atoms with Crippen LogP contribution in [-0.4, -0.2) is 11.7 Å². The second-order valence-electron chi connectivity index (χ2n) is 3.55. The highest BCUT2D eigenvalue weighted by atomic mass is 35.5. The summed E-state index contributed by atoms with van der Waals surface area (Å²) in [4.78, 5) is 0. The van der Waals surface area contributed by atoms with Crippen molar-refractivity contribution in [1.29, 1.82) is 0 Å². The van der Waals surface area contributed by atoms with Crippen LogP contribution in [0.4, 0.5) is 0 Å². The van der Waals surface area contributed by atoms with Gasteiger partial charge in [-0.05, 0) is 35.4 Å². The van der Waals surface area contributed by atoms with Gasteiger partial charge in [-0.3, -0.25) is 0 Å². The largest absolute Gasteiger partial charge is 0.384 e. The molecule has 0 aliphatic rings. The lowest BCUT2D eigenvalue weighted by atomic mass is 10.0. The fourth-order valence-electron chi connectivity index (χ4n) is 1.56. The summed E-state index contributed by atoms with van der Waals surface area (Å²) in [6.45, 7) is -0.115. The van der Waals surface area contributed by atoms with Crippen LogP contribution in [0.1, 0.15) is 5.56 Å². The van der Waals surface area contributed by atoms with Gasteiger partial charge in [-0.15, -0.1) is 0 Å². The fraction of sp³-hybridized carbons (Fsp3) is 0.0667. The Hall–Kier alpha value is -1.75. The van der Waals surface area contributed by atoms with Gasteiger partial charge in [0.2, 0.25) is 0 Å². The molecule has 0 aliphatic heterocycles. The summed E-state index contributed by atoms with van der Waals surface area (Å²) in [5.41, 5.74) is 3.08. The molecule has 0 spiro atoms. The Balaban J connectivity index is 2.29. The normalized spacial score (nSPS) is 9.53. The SMILES string of the molecule is OCC#Cc1ccc(-c2cccc(Cl)c2)cc1. The lowest BCUT2D eigenvalue weighted by molar-refractivity contribution is 0.350. The first kappa shape index (κ1) is 11.7. The van der Waals surface area contributed by atoms with E-state index >= 15 is 0 Å². The number of halogens is 1. The van der Waals surface area contributed by atoms with E-state index < -0.39 is 0 Å². The van der Waals surface area contributed by atoms with Gasteiger partial charge in [0.1, 0.15) is 6.61 Å². The molecule has 0 aromatic heterocycles. The molecular weight excluding hydrogens is 232 g/mol. The van der Waals surface area contributed by atoms with Crippen LogP contribution in [0, 0.1) is 11.8 Å². The lowest BCUT2D eigenvalue weighted by Gasteiger charge is -2.02. The molecule has 0 fully saturated rings. The van der Waals surface area contributed by atoms with Crippen molar-refractivity contribution in [2.24, 2.45) is 0 Å². The van der Waals surface area contributed by atoms with Crippen molar-refractivity contribution in [2.45, 2.75) is 0 Å². The molecule has 0 unspecified atom stereocenters. The average molecular weight is 243 g/mol. The first-order valence-electron chi connectivity index (χ1n) is 5.25. The molecule has 0 aliphatic carbocycles. The number of aliphatic hydroxyl groups excluding tert-OH is 1. The van der Waals surface area contributed by atoms with Gasteiger partial charge in [0.25, 0.3) is 0 Å². The van der Waals surface area contributed by atoms with E-state index in [4.69, 9.17) is 16.7 Å². The molecule has 2 rings (SSSR count). The van der Waals surface area contributed by atoms with Gasteiger partial charge in [-0.1, -0.05) is 47.7 Å². The minimum atomic E-state index is -0.115. The molecule has 0 saturated heterocycles. The second-order valence-corrected chi connectivity index (χ2v) is 3.98. The smallest absolute Gasteiger partial charge is 0.104 e. The molecule has 2 aromatic carbocycles. The molecule has 2 aromatic rings. The molecule has 0 amide bonds. The summed E-state index contributed by atoms with van der Waals surface area (Å²) < 4.78 is 0. The Morgan fingerprint density at radius 3 is 2.41 bits per heavy atom. The molecule has 17 heavy (non-hydrogen) atoms. The van der Waals surface area contributed by atoms with Gasteiger partial charge in [-0.2, -0.15) is 0 Å². The van der Waals surface area contributed by atoms with Crippen molar-refractivity contribution in [1.82, 2.24) is 0 Å². The van der Waals surface area contributed by atoms with Crippen molar-refractivity contribution >= 4 is 11.6 Å². The van der Waals surface area contributed by atoms with Gasteiger partial charge in [0.05, 0.1) is 0 Å². The minimum Gasteiger partial charge on any atom is -0.384 e. The summed E-state index contributed by atoms with van der Waals surface area (Å²) >= 11 is 5.94. The standard InChI is InChI=1S/C15H11ClO/c16-15-5-1-4-14(11-15)13-8-6-12(7-9-13)3-2-10-17/h1,4-9,11,17H,10H2. The fourth-order valence-corrected chi connectivity index (χ4v) is 1.75. The van der Waals surface area contributed by atoms with E-state index in [1.165, 1.54) is 0 Å². The maximum absolute atomic E-state index is 8.60. The maximum atomic E-state index is 8.60. The molecule has 2 heteroatoms. The van der Waals surface area contributed by atoms with Gasteiger partial charge >= 0.3 is 0 Å². The molecular formula is C15H11ClO. The second kappa shape index (κ2) is 5.54. The van der Waals surface area contributed by atoms with Gasteiger partial charge < -0.3 is 5.11 Å². The topological polar surface area (TPSA) is 20.2 Å². The Bertz CT molecular complexity index is 561. The highest BCUT2D eigenvalue weighted by molar-refractivity contribution is 6.30. The summed E-state index contributed by atoms with van der Waals surface area (Å²) in [6, 6.07) is 15.6. The van der Waals surface area contributed by atoms with Gasteiger partial charge in [-0.25, -0.2) is 0 Å². The molecule has 1 nitrogen and oxygen atoms in total. The van der Waals surface area contributed by atoms with E-state index in [1.807, 2.05) is 48.5 Å². The first-order valence-corrected chi connectivity index (χ1v) is 5.63. The van der Waals surface area contributed by atoms with Crippen LogP contribution in [-0.2, 0) is 0 Å². The molecule has 0 heterocycles. The van der Waals surface area contributed by atoms with E-state index in [2.05, 4.69) is 11.8 Å². The van der Waals surface area contributed by atoms with Crippen LogP contribution in [0.3, 0.4) is 0 Å². The predicted molar refractivity (Wildman–Crippen MR) is 70.9 cm³/mol. The van der Waals surface area contributed by atoms with Crippen LogP contribution >= 0.6 is 11.6 Å². The molecule has 1 N–H and O–H groups in total. The summed E-state index contributed by atoms with van der Waals surface area (Å²) in [5, 5.41) is 9.33. The number of aliphatic hydroxyl groups is 1. The van der Waals surface area contributed by atoms with E-state index in [0.29, 0.717) is 0 Å². The third kappa shape index (κ3) is 3.10. The Kier molecular flexibility index (Phi) is 3.82. The van der Waals surface area contributed by atoms with Crippen molar-refractivity contribution < 1.29 is 5.11 Å². The van der Waals surface area contributed by atoms with Crippen LogP contribution in [0.5, 0.6) is 0 Å². The zero-order valence-corrected chi connectivity index (χ0v) is 9.91. The number of hydrogen-bond acceptors (Lipinski definition) is 1. The van der Waals surface area contributed by atoms with Crippen LogP contribution < -0.4 is 0 Å². The quantitative estimate of drug-likeness (QED) is 0.761. The summed E-state index contributed by atoms with van der Waals surface area (Å²) in [6.07, 6.45) is 0. The molecule has 0 bridgehead atoms. The Morgan fingerprint density at radius 2 is 1.76 bits per heavy atom. The van der Waals surface area contributed by atoms with Gasteiger partial charge in [0, 0.05) is 10.6 Å². The van der Waals surface area contributed by atoms with Crippen LogP contribution in [0.15, 0.2) is 48.5 Å². The zero-order chi connectivity index (χ0) is 12.1. The molecule has 0 saturated carbocycles. The van der Waals surface area contributed by atoms with Crippen molar-refractivity contribution in [2.75, 3.05) is 6.61 Å². The summed E-state index contributed by atoms with van der Waals surface area (Å²) in [7, 11) is 0. The van der Waals surface area contributed by atoms with E-state index in [-0.39, 0.29) is 6.61 Å². The third-order valence-corrected chi connectivity index (χ3v) is 2.59. The number of rotatable bonds is 1. The van der Waals surface area contributed by atoms with Gasteiger partial charge in [0.15, 0.2) is 0 Å². The van der Waals surface area contributed by atoms with Crippen molar-refractivity contribution in [3.63, 3.8) is 0 Å². The predicted octanol–water partition coefficient (Wildman–Crippen LogP) is 3.35. The van der Waals surface area contributed by atoms with Crippen molar-refractivity contribution in [3.8, 4) is 23.0 Å². The Labute approximate surface area is 106 Å². The van der Waals surface area contributed by atoms with E-state index in [1.54, 1.807) is 0 Å². The highest BCUT2D eigenvalue weighted by Gasteiger charge is 1.97. The molecule has 84 valence electrons. The van der Waals surface area contributed by atoms with Crippen LogP contribution in [0.2, 0.25) is 5.02 Å². The Morgan fingerprint density at radius 1 is 1.00 bits per heavy atom. The first-order chi connectivity index (χ1) is 8.29. The molecule has 0 atom stereocenters. The third-order valence-electron chi connectivity index (χ3n) is 2.35. The number of benzene rings is 2. The maximum Gasteiger partial charge on any atom is 0.104 e. The average Bonchev–Trinajstić information content (AvgIpc) is 2.37. The van der Waals surface area contributed by atoms with E-state index in [9.17, 15) is 0 Å². The van der Waals surface area contributed by atoms with Crippen LogP contribution in [0.25, 0.3) is 11.1 Å². The highest BCUT2D eigenvalue weighted by Crippen LogP contribution is 2.22. The number of hydrogen-bond donors (Lipinski definition) is 1. The van der Waals surface area contributed by atoms with E-state index in [0.717, 1.165) is 21.7 Å². The zero-order valence-electron chi connectivity index (χ0n) is 9.15.